The topological polar surface area (TPSA) is 59.1 Å². The highest BCUT2D eigenvalue weighted by Gasteiger charge is 2.08. The average molecular weight is 319 g/mol. The molecule has 0 atom stereocenters. The molecule has 0 aliphatic carbocycles. The third-order valence-corrected chi connectivity index (χ3v) is 3.33. The number of aromatic amines is 1. The number of rotatable bonds is 3. The molecule has 0 saturated carbocycles. The van der Waals surface area contributed by atoms with Gasteiger partial charge in [0, 0.05) is 10.6 Å². The number of halogens is 1. The summed E-state index contributed by atoms with van der Waals surface area (Å²) in [5.41, 5.74) is 0.861. The smallest absolute Gasteiger partial charge is 0.216 e. The predicted molar refractivity (Wildman–Crippen MR) is 84.3 cm³/mol. The van der Waals surface area contributed by atoms with Crippen molar-refractivity contribution in [2.24, 2.45) is 5.10 Å². The molecular formula is C14H11ClN4OS. The Bertz CT molecular complexity index is 844. The summed E-state index contributed by atoms with van der Waals surface area (Å²) in [5.74, 6) is 2.08. The summed E-state index contributed by atoms with van der Waals surface area (Å²) < 4.78 is 7.38. The fourth-order valence-corrected chi connectivity index (χ4v) is 2.13. The van der Waals surface area contributed by atoms with Crippen molar-refractivity contribution >= 4 is 30.0 Å². The van der Waals surface area contributed by atoms with Crippen LogP contribution in [-0.4, -0.2) is 21.1 Å². The number of benzene rings is 1. The zero-order valence-corrected chi connectivity index (χ0v) is 12.6. The maximum atomic E-state index is 5.89. The SMILES string of the molecule is Cc1ccc(/C=N\n2c(-c3ccc(Cl)cc3)n[nH]c2=S)o1. The fraction of sp³-hybridized carbons (Fsp3) is 0.0714. The van der Waals surface area contributed by atoms with E-state index in [4.69, 9.17) is 28.2 Å². The van der Waals surface area contributed by atoms with Gasteiger partial charge in [0.05, 0.1) is 6.21 Å². The minimum absolute atomic E-state index is 0.402. The van der Waals surface area contributed by atoms with Crippen LogP contribution in [0.2, 0.25) is 5.02 Å². The molecule has 106 valence electrons. The van der Waals surface area contributed by atoms with Gasteiger partial charge in [-0.2, -0.15) is 14.9 Å². The summed E-state index contributed by atoms with van der Waals surface area (Å²) in [6.45, 7) is 1.87. The van der Waals surface area contributed by atoms with Gasteiger partial charge in [-0.25, -0.2) is 5.10 Å². The molecule has 2 heterocycles. The number of aromatic nitrogens is 3. The van der Waals surface area contributed by atoms with Crippen LogP contribution in [0, 0.1) is 11.7 Å². The van der Waals surface area contributed by atoms with Crippen molar-refractivity contribution in [1.82, 2.24) is 14.9 Å². The summed E-state index contributed by atoms with van der Waals surface area (Å²) in [5, 5.41) is 11.9. The van der Waals surface area contributed by atoms with E-state index in [2.05, 4.69) is 15.3 Å². The zero-order chi connectivity index (χ0) is 14.8. The van der Waals surface area contributed by atoms with E-state index in [1.165, 1.54) is 4.68 Å². The number of nitrogens with zero attached hydrogens (tertiary/aromatic N) is 3. The highest BCUT2D eigenvalue weighted by atomic mass is 35.5. The van der Waals surface area contributed by atoms with Crippen LogP contribution in [0.15, 0.2) is 45.9 Å². The van der Waals surface area contributed by atoms with E-state index in [0.29, 0.717) is 21.4 Å². The van der Waals surface area contributed by atoms with Gasteiger partial charge in [0.15, 0.2) is 5.82 Å². The number of aryl methyl sites for hydroxylation is 1. The molecule has 0 bridgehead atoms. The molecule has 3 rings (SSSR count). The summed E-state index contributed by atoms with van der Waals surface area (Å²) >= 11 is 11.1. The number of H-pyrrole nitrogens is 1. The number of hydrogen-bond donors (Lipinski definition) is 1. The van der Waals surface area contributed by atoms with Gasteiger partial charge >= 0.3 is 0 Å². The van der Waals surface area contributed by atoms with Crippen molar-refractivity contribution in [2.45, 2.75) is 6.92 Å². The van der Waals surface area contributed by atoms with E-state index in [1.807, 2.05) is 31.2 Å². The van der Waals surface area contributed by atoms with Gasteiger partial charge in [-0.15, -0.1) is 0 Å². The minimum Gasteiger partial charge on any atom is -0.460 e. The first-order chi connectivity index (χ1) is 10.1. The van der Waals surface area contributed by atoms with Gasteiger partial charge in [-0.05, 0) is 55.5 Å². The predicted octanol–water partition coefficient (Wildman–Crippen LogP) is 4.04. The molecule has 0 aliphatic heterocycles. The second-order valence-corrected chi connectivity index (χ2v) is 5.19. The lowest BCUT2D eigenvalue weighted by Crippen LogP contribution is -1.94. The van der Waals surface area contributed by atoms with E-state index in [-0.39, 0.29) is 0 Å². The Balaban J connectivity index is 1.99. The van der Waals surface area contributed by atoms with Crippen LogP contribution in [0.1, 0.15) is 11.5 Å². The highest BCUT2D eigenvalue weighted by molar-refractivity contribution is 7.71. The molecule has 7 heteroatoms. The molecule has 0 fully saturated rings. The average Bonchev–Trinajstić information content (AvgIpc) is 3.04. The lowest BCUT2D eigenvalue weighted by Gasteiger charge is -2.00. The Morgan fingerprint density at radius 2 is 2.05 bits per heavy atom. The first-order valence-electron chi connectivity index (χ1n) is 6.17. The maximum Gasteiger partial charge on any atom is 0.216 e. The normalized spacial score (nSPS) is 11.3. The molecule has 0 radical (unpaired) electrons. The van der Waals surface area contributed by atoms with Crippen LogP contribution < -0.4 is 0 Å². The summed E-state index contributed by atoms with van der Waals surface area (Å²) in [4.78, 5) is 0. The monoisotopic (exact) mass is 318 g/mol. The molecule has 1 N–H and O–H groups in total. The van der Waals surface area contributed by atoms with Crippen molar-refractivity contribution in [3.8, 4) is 11.4 Å². The van der Waals surface area contributed by atoms with Crippen LogP contribution in [0.25, 0.3) is 11.4 Å². The molecule has 0 saturated heterocycles. The van der Waals surface area contributed by atoms with E-state index in [9.17, 15) is 0 Å². The molecule has 5 nitrogen and oxygen atoms in total. The molecule has 2 aromatic heterocycles. The third kappa shape index (κ3) is 2.96. The summed E-state index contributed by atoms with van der Waals surface area (Å²) in [6.07, 6.45) is 1.59. The second kappa shape index (κ2) is 5.67. The van der Waals surface area contributed by atoms with Crippen molar-refractivity contribution in [2.75, 3.05) is 0 Å². The van der Waals surface area contributed by atoms with Crippen LogP contribution in [0.4, 0.5) is 0 Å². The van der Waals surface area contributed by atoms with Crippen molar-refractivity contribution in [3.63, 3.8) is 0 Å². The van der Waals surface area contributed by atoms with Gasteiger partial charge in [-0.1, -0.05) is 11.6 Å². The molecule has 1 aromatic carbocycles. The Labute approximate surface area is 130 Å². The largest absolute Gasteiger partial charge is 0.460 e. The van der Waals surface area contributed by atoms with E-state index in [0.717, 1.165) is 11.3 Å². The van der Waals surface area contributed by atoms with Gasteiger partial charge in [0.1, 0.15) is 11.5 Å². The van der Waals surface area contributed by atoms with Crippen LogP contribution in [-0.2, 0) is 0 Å². The highest BCUT2D eigenvalue weighted by Crippen LogP contribution is 2.19. The number of hydrogen-bond acceptors (Lipinski definition) is 4. The lowest BCUT2D eigenvalue weighted by molar-refractivity contribution is 0.527. The number of nitrogens with one attached hydrogen (secondary N) is 1. The Hall–Kier alpha value is -2.18. The molecule has 0 amide bonds. The minimum atomic E-state index is 0.402. The van der Waals surface area contributed by atoms with Crippen LogP contribution in [0.3, 0.4) is 0 Å². The number of furan rings is 1. The van der Waals surface area contributed by atoms with Gasteiger partial charge in [0.25, 0.3) is 0 Å². The molecule has 0 aliphatic rings. The summed E-state index contributed by atoms with van der Waals surface area (Å²) in [7, 11) is 0. The molecule has 21 heavy (non-hydrogen) atoms. The molecule has 3 aromatic rings. The molecular weight excluding hydrogens is 308 g/mol. The standard InChI is InChI=1S/C14H11ClN4OS/c1-9-2-7-12(20-9)8-16-19-13(17-18-14(19)21)10-3-5-11(15)6-4-10/h2-8H,1H3,(H,18,21)/b16-8-. The van der Waals surface area contributed by atoms with E-state index >= 15 is 0 Å². The maximum absolute atomic E-state index is 5.89. The van der Waals surface area contributed by atoms with E-state index in [1.54, 1.807) is 18.3 Å². The van der Waals surface area contributed by atoms with Crippen molar-refractivity contribution in [1.29, 1.82) is 0 Å². The summed E-state index contributed by atoms with van der Waals surface area (Å²) in [6, 6.07) is 11.0. The van der Waals surface area contributed by atoms with Crippen LogP contribution in [0.5, 0.6) is 0 Å². The Morgan fingerprint density at radius 1 is 1.29 bits per heavy atom. The first-order valence-corrected chi connectivity index (χ1v) is 6.96. The van der Waals surface area contributed by atoms with Crippen LogP contribution >= 0.6 is 23.8 Å². The lowest BCUT2D eigenvalue weighted by atomic mass is 10.2. The fourth-order valence-electron chi connectivity index (χ4n) is 1.82. The second-order valence-electron chi connectivity index (χ2n) is 4.36. The Kier molecular flexibility index (Phi) is 3.72. The van der Waals surface area contributed by atoms with Gasteiger partial charge in [-0.3, -0.25) is 0 Å². The van der Waals surface area contributed by atoms with E-state index < -0.39 is 0 Å². The Morgan fingerprint density at radius 3 is 2.71 bits per heavy atom. The van der Waals surface area contributed by atoms with Crippen molar-refractivity contribution < 1.29 is 4.42 Å². The van der Waals surface area contributed by atoms with Gasteiger partial charge in [0.2, 0.25) is 4.77 Å². The molecule has 0 spiro atoms. The third-order valence-electron chi connectivity index (χ3n) is 2.81. The zero-order valence-electron chi connectivity index (χ0n) is 11.1. The van der Waals surface area contributed by atoms with Crippen molar-refractivity contribution in [3.05, 3.63) is 57.7 Å². The molecule has 0 unspecified atom stereocenters. The first kappa shape index (κ1) is 13.8. The van der Waals surface area contributed by atoms with Gasteiger partial charge < -0.3 is 4.42 Å². The quantitative estimate of drug-likeness (QED) is 0.585.